The number of thiazole rings is 1. The predicted octanol–water partition coefficient (Wildman–Crippen LogP) is 2.38. The molecule has 0 aliphatic rings. The third-order valence-electron chi connectivity index (χ3n) is 2.55. The van der Waals surface area contributed by atoms with Gasteiger partial charge in [-0.05, 0) is 12.5 Å². The van der Waals surface area contributed by atoms with E-state index in [4.69, 9.17) is 0 Å². The summed E-state index contributed by atoms with van der Waals surface area (Å²) in [5, 5.41) is 6.71. The van der Waals surface area contributed by atoms with E-state index in [0.29, 0.717) is 24.3 Å². The summed E-state index contributed by atoms with van der Waals surface area (Å²) in [4.78, 5) is 26.7. The number of hydrogen-bond acceptors (Lipinski definition) is 5. The maximum atomic E-state index is 12.4. The van der Waals surface area contributed by atoms with Gasteiger partial charge in [0.1, 0.15) is 5.69 Å². The van der Waals surface area contributed by atoms with Crippen molar-refractivity contribution in [1.82, 2.24) is 14.8 Å². The molecule has 10 heteroatoms. The van der Waals surface area contributed by atoms with Gasteiger partial charge in [-0.1, -0.05) is 6.92 Å². The van der Waals surface area contributed by atoms with Crippen LogP contribution in [0.1, 0.15) is 29.5 Å². The Labute approximate surface area is 126 Å². The number of carbonyl (C=O) groups is 1. The molecule has 0 aliphatic carbocycles. The summed E-state index contributed by atoms with van der Waals surface area (Å²) >= 11 is 0.658. The molecule has 0 radical (unpaired) electrons. The molecule has 1 N–H and O–H groups in total. The summed E-state index contributed by atoms with van der Waals surface area (Å²) in [6.07, 6.45) is -3.91. The molecule has 2 heterocycles. The fraction of sp³-hybridized carbons (Fsp3) is 0.333. The number of amides is 1. The zero-order valence-electron chi connectivity index (χ0n) is 11.3. The van der Waals surface area contributed by atoms with Gasteiger partial charge >= 0.3 is 6.18 Å². The number of alkyl halides is 3. The highest BCUT2D eigenvalue weighted by atomic mass is 32.1. The van der Waals surface area contributed by atoms with E-state index in [1.807, 2.05) is 6.92 Å². The highest BCUT2D eigenvalue weighted by molar-refractivity contribution is 7.14. The minimum Gasteiger partial charge on any atom is -0.296 e. The zero-order chi connectivity index (χ0) is 16.3. The van der Waals surface area contributed by atoms with E-state index in [9.17, 15) is 22.8 Å². The third kappa shape index (κ3) is 3.70. The number of hydrogen-bond donors (Lipinski definition) is 1. The lowest BCUT2D eigenvalue weighted by Gasteiger charge is -2.05. The Morgan fingerprint density at radius 3 is 2.73 bits per heavy atom. The number of carbonyl (C=O) groups excluding carboxylic acids is 1. The molecule has 22 heavy (non-hydrogen) atoms. The third-order valence-corrected chi connectivity index (χ3v) is 3.31. The molecule has 0 saturated heterocycles. The van der Waals surface area contributed by atoms with Crippen LogP contribution in [-0.2, 0) is 12.7 Å². The second kappa shape index (κ2) is 6.26. The molecule has 0 atom stereocenters. The Balaban J connectivity index is 2.17. The Bertz CT molecular complexity index is 738. The Morgan fingerprint density at radius 2 is 2.14 bits per heavy atom. The summed E-state index contributed by atoms with van der Waals surface area (Å²) in [5.74, 6) is -0.729. The fourth-order valence-corrected chi connectivity index (χ4v) is 2.28. The van der Waals surface area contributed by atoms with Gasteiger partial charge in [-0.25, -0.2) is 9.67 Å². The molecule has 0 bridgehead atoms. The van der Waals surface area contributed by atoms with E-state index >= 15 is 0 Å². The minimum atomic E-state index is -4.56. The van der Waals surface area contributed by atoms with Gasteiger partial charge in [0.05, 0.1) is 0 Å². The quantitative estimate of drug-likeness (QED) is 0.932. The van der Waals surface area contributed by atoms with Crippen LogP contribution in [0.2, 0.25) is 0 Å². The predicted molar refractivity (Wildman–Crippen MR) is 73.9 cm³/mol. The van der Waals surface area contributed by atoms with Gasteiger partial charge in [0.2, 0.25) is 0 Å². The van der Waals surface area contributed by atoms with Gasteiger partial charge < -0.3 is 0 Å². The number of halogens is 3. The van der Waals surface area contributed by atoms with E-state index in [2.05, 4.69) is 15.4 Å². The topological polar surface area (TPSA) is 76.9 Å². The molecule has 0 spiro atoms. The smallest absolute Gasteiger partial charge is 0.296 e. The molecule has 6 nitrogen and oxygen atoms in total. The number of rotatable bonds is 4. The van der Waals surface area contributed by atoms with Gasteiger partial charge in [-0.2, -0.15) is 18.3 Å². The largest absolute Gasteiger partial charge is 0.434 e. The van der Waals surface area contributed by atoms with Crippen LogP contribution in [0.15, 0.2) is 22.3 Å². The van der Waals surface area contributed by atoms with Crippen LogP contribution >= 0.6 is 11.3 Å². The Hall–Kier alpha value is -2.23. The maximum Gasteiger partial charge on any atom is 0.434 e. The molecule has 2 rings (SSSR count). The molecule has 0 aliphatic heterocycles. The summed E-state index contributed by atoms with van der Waals surface area (Å²) in [6.45, 7) is 2.19. The SMILES string of the molecule is CCCn1nc(C(=O)Nc2nc(C(F)(F)F)cs2)ccc1=O. The van der Waals surface area contributed by atoms with Crippen molar-refractivity contribution >= 4 is 22.4 Å². The van der Waals surface area contributed by atoms with Crippen LogP contribution in [0.3, 0.4) is 0 Å². The van der Waals surface area contributed by atoms with Gasteiger partial charge in [0.15, 0.2) is 10.8 Å². The molecular weight excluding hydrogens is 321 g/mol. The van der Waals surface area contributed by atoms with Crippen molar-refractivity contribution in [2.75, 3.05) is 5.32 Å². The molecule has 0 aromatic carbocycles. The number of anilines is 1. The molecule has 0 fully saturated rings. The minimum absolute atomic E-state index is 0.0724. The summed E-state index contributed by atoms with van der Waals surface area (Å²) in [7, 11) is 0. The lowest BCUT2D eigenvalue weighted by atomic mass is 10.3. The first-order valence-corrected chi connectivity index (χ1v) is 7.11. The van der Waals surface area contributed by atoms with Gasteiger partial charge in [0, 0.05) is 18.0 Å². The highest BCUT2D eigenvalue weighted by Gasteiger charge is 2.34. The van der Waals surface area contributed by atoms with Crippen molar-refractivity contribution in [2.45, 2.75) is 26.1 Å². The second-order valence-corrected chi connectivity index (χ2v) is 5.13. The summed E-state index contributed by atoms with van der Waals surface area (Å²) < 4.78 is 38.4. The van der Waals surface area contributed by atoms with Crippen LogP contribution in [0.5, 0.6) is 0 Å². The van der Waals surface area contributed by atoms with Crippen LogP contribution in [0, 0.1) is 0 Å². The number of aryl methyl sites for hydroxylation is 1. The summed E-state index contributed by atoms with van der Waals surface area (Å²) in [6, 6.07) is 2.39. The first kappa shape index (κ1) is 16.1. The van der Waals surface area contributed by atoms with Crippen LogP contribution in [0.4, 0.5) is 18.3 Å². The molecule has 0 saturated carbocycles. The monoisotopic (exact) mass is 332 g/mol. The lowest BCUT2D eigenvalue weighted by molar-refractivity contribution is -0.140. The van der Waals surface area contributed by atoms with Crippen LogP contribution in [-0.4, -0.2) is 20.7 Å². The first-order valence-electron chi connectivity index (χ1n) is 6.23. The van der Waals surface area contributed by atoms with Crippen molar-refractivity contribution in [3.8, 4) is 0 Å². The molecule has 2 aromatic rings. The standard InChI is InChI=1S/C12H11F3N4O2S/c1-2-5-19-9(20)4-3-7(18-19)10(21)17-11-16-8(6-22-11)12(13,14)15/h3-4,6H,2,5H2,1H3,(H,16,17,21). The molecule has 0 unspecified atom stereocenters. The number of nitrogens with one attached hydrogen (secondary N) is 1. The van der Waals surface area contributed by atoms with Gasteiger partial charge in [-0.3, -0.25) is 14.9 Å². The zero-order valence-corrected chi connectivity index (χ0v) is 12.2. The average molecular weight is 332 g/mol. The number of aromatic nitrogens is 3. The highest BCUT2D eigenvalue weighted by Crippen LogP contribution is 2.31. The Kier molecular flexibility index (Phi) is 4.59. The second-order valence-electron chi connectivity index (χ2n) is 4.27. The summed E-state index contributed by atoms with van der Waals surface area (Å²) in [5.41, 5.74) is -1.50. The van der Waals surface area contributed by atoms with E-state index in [1.54, 1.807) is 0 Å². The van der Waals surface area contributed by atoms with E-state index in [1.165, 1.54) is 12.1 Å². The molecular formula is C12H11F3N4O2S. The number of nitrogens with zero attached hydrogens (tertiary/aromatic N) is 3. The lowest BCUT2D eigenvalue weighted by Crippen LogP contribution is -2.26. The molecule has 118 valence electrons. The Morgan fingerprint density at radius 1 is 1.41 bits per heavy atom. The normalized spacial score (nSPS) is 11.5. The molecule has 1 amide bonds. The molecule has 2 aromatic heterocycles. The fourth-order valence-electron chi connectivity index (χ4n) is 1.56. The van der Waals surface area contributed by atoms with Gasteiger partial charge in [0.25, 0.3) is 11.5 Å². The van der Waals surface area contributed by atoms with Crippen molar-refractivity contribution in [3.05, 3.63) is 39.3 Å². The van der Waals surface area contributed by atoms with Gasteiger partial charge in [-0.15, -0.1) is 11.3 Å². The van der Waals surface area contributed by atoms with E-state index < -0.39 is 17.8 Å². The maximum absolute atomic E-state index is 12.4. The van der Waals surface area contributed by atoms with Crippen LogP contribution < -0.4 is 10.9 Å². The van der Waals surface area contributed by atoms with Crippen molar-refractivity contribution < 1.29 is 18.0 Å². The van der Waals surface area contributed by atoms with Crippen molar-refractivity contribution in [2.24, 2.45) is 0 Å². The average Bonchev–Trinajstić information content (AvgIpc) is 2.90. The van der Waals surface area contributed by atoms with Crippen molar-refractivity contribution in [3.63, 3.8) is 0 Å². The van der Waals surface area contributed by atoms with E-state index in [-0.39, 0.29) is 16.4 Å². The van der Waals surface area contributed by atoms with Crippen LogP contribution in [0.25, 0.3) is 0 Å². The van der Waals surface area contributed by atoms with Crippen molar-refractivity contribution in [1.29, 1.82) is 0 Å². The first-order chi connectivity index (χ1) is 10.3. The van der Waals surface area contributed by atoms with E-state index in [0.717, 1.165) is 10.1 Å².